The molecule has 3 amide bonds. The number of carbonyl (C=O) groups is 2. The van der Waals surface area contributed by atoms with Gasteiger partial charge in [-0.15, -0.1) is 0 Å². The summed E-state index contributed by atoms with van der Waals surface area (Å²) in [5.74, 6) is 0.811. The van der Waals surface area contributed by atoms with Crippen LogP contribution in [0.15, 0.2) is 18.3 Å². The number of pyridine rings is 1. The summed E-state index contributed by atoms with van der Waals surface area (Å²) in [6.45, 7) is 3.25. The third kappa shape index (κ3) is 5.12. The molecule has 1 atom stereocenters. The Labute approximate surface area is 137 Å². The number of likely N-dealkylation sites (tertiary alicyclic amines) is 1. The van der Waals surface area contributed by atoms with E-state index >= 15 is 0 Å². The summed E-state index contributed by atoms with van der Waals surface area (Å²) in [5, 5.41) is 5.82. The molecule has 1 aromatic rings. The molecule has 0 radical (unpaired) electrons. The van der Waals surface area contributed by atoms with Gasteiger partial charge in [0, 0.05) is 52.9 Å². The molecule has 1 fully saturated rings. The number of nitrogens with one attached hydrogen (secondary N) is 2. The van der Waals surface area contributed by atoms with Gasteiger partial charge in [0.15, 0.2) is 0 Å². The van der Waals surface area contributed by atoms with E-state index in [2.05, 4.69) is 15.6 Å². The van der Waals surface area contributed by atoms with Crippen molar-refractivity contribution in [1.82, 2.24) is 20.5 Å². The zero-order valence-corrected chi connectivity index (χ0v) is 14.0. The van der Waals surface area contributed by atoms with E-state index in [4.69, 9.17) is 0 Å². The Morgan fingerprint density at radius 2 is 2.22 bits per heavy atom. The number of nitrogens with zero attached hydrogens (tertiary/aromatic N) is 3. The molecular formula is C16H25N5O2. The summed E-state index contributed by atoms with van der Waals surface area (Å²) in [4.78, 5) is 31.4. The Bertz CT molecular complexity index is 561. The Hall–Kier alpha value is -2.31. The van der Waals surface area contributed by atoms with E-state index in [1.165, 1.54) is 6.92 Å². The summed E-state index contributed by atoms with van der Waals surface area (Å²) in [7, 11) is 3.86. The molecule has 2 N–H and O–H groups in total. The number of carbonyl (C=O) groups excluding carboxylic acids is 2. The lowest BCUT2D eigenvalue weighted by molar-refractivity contribution is -0.119. The van der Waals surface area contributed by atoms with Gasteiger partial charge in [-0.3, -0.25) is 4.79 Å². The van der Waals surface area contributed by atoms with Crippen LogP contribution < -0.4 is 15.5 Å². The van der Waals surface area contributed by atoms with Crippen LogP contribution in [0.4, 0.5) is 10.6 Å². The molecule has 0 bridgehead atoms. The predicted octanol–water partition coefficient (Wildman–Crippen LogP) is 0.958. The van der Waals surface area contributed by atoms with Gasteiger partial charge in [-0.1, -0.05) is 0 Å². The van der Waals surface area contributed by atoms with Gasteiger partial charge in [-0.25, -0.2) is 9.78 Å². The van der Waals surface area contributed by atoms with Crippen molar-refractivity contribution >= 4 is 17.8 Å². The SMILES string of the molecule is CC(=O)NC1CCCN(C(=O)NCc2ccnc(N(C)C)c2)C1. The van der Waals surface area contributed by atoms with Crippen molar-refractivity contribution in [2.24, 2.45) is 0 Å². The molecule has 1 unspecified atom stereocenters. The van der Waals surface area contributed by atoms with Crippen LogP contribution in [0.3, 0.4) is 0 Å². The largest absolute Gasteiger partial charge is 0.363 e. The zero-order valence-electron chi connectivity index (χ0n) is 14.0. The van der Waals surface area contributed by atoms with E-state index < -0.39 is 0 Å². The highest BCUT2D eigenvalue weighted by Crippen LogP contribution is 2.12. The second-order valence-electron chi connectivity index (χ2n) is 6.06. The van der Waals surface area contributed by atoms with Crippen LogP contribution >= 0.6 is 0 Å². The highest BCUT2D eigenvalue weighted by molar-refractivity contribution is 5.75. The van der Waals surface area contributed by atoms with Crippen LogP contribution in [0, 0.1) is 0 Å². The van der Waals surface area contributed by atoms with Gasteiger partial charge < -0.3 is 20.4 Å². The van der Waals surface area contributed by atoms with Gasteiger partial charge >= 0.3 is 6.03 Å². The lowest BCUT2D eigenvalue weighted by Crippen LogP contribution is -2.51. The minimum Gasteiger partial charge on any atom is -0.363 e. The molecule has 126 valence electrons. The summed E-state index contributed by atoms with van der Waals surface area (Å²) >= 11 is 0. The molecule has 7 nitrogen and oxygen atoms in total. The number of urea groups is 1. The number of rotatable bonds is 4. The quantitative estimate of drug-likeness (QED) is 0.866. The summed E-state index contributed by atoms with van der Waals surface area (Å²) in [5.41, 5.74) is 1.01. The molecule has 2 rings (SSSR count). The lowest BCUT2D eigenvalue weighted by Gasteiger charge is -2.33. The second-order valence-corrected chi connectivity index (χ2v) is 6.06. The summed E-state index contributed by atoms with van der Waals surface area (Å²) in [6.07, 6.45) is 3.56. The van der Waals surface area contributed by atoms with Crippen LogP contribution in [-0.4, -0.2) is 55.0 Å². The first-order valence-electron chi connectivity index (χ1n) is 7.88. The van der Waals surface area contributed by atoms with E-state index in [-0.39, 0.29) is 18.0 Å². The van der Waals surface area contributed by atoms with Crippen molar-refractivity contribution in [2.75, 3.05) is 32.1 Å². The molecule has 0 aliphatic carbocycles. The third-order valence-corrected chi connectivity index (χ3v) is 3.83. The predicted molar refractivity (Wildman–Crippen MR) is 89.2 cm³/mol. The van der Waals surface area contributed by atoms with Crippen molar-refractivity contribution in [3.8, 4) is 0 Å². The van der Waals surface area contributed by atoms with Crippen LogP contribution in [0.25, 0.3) is 0 Å². The van der Waals surface area contributed by atoms with Gasteiger partial charge in [0.2, 0.25) is 5.91 Å². The first-order valence-corrected chi connectivity index (χ1v) is 7.88. The fourth-order valence-corrected chi connectivity index (χ4v) is 2.67. The van der Waals surface area contributed by atoms with Gasteiger partial charge in [-0.05, 0) is 30.5 Å². The number of hydrogen-bond acceptors (Lipinski definition) is 4. The molecule has 0 aromatic carbocycles. The minimum absolute atomic E-state index is 0.0493. The average Bonchev–Trinajstić information content (AvgIpc) is 2.52. The van der Waals surface area contributed by atoms with Gasteiger partial charge in [0.05, 0.1) is 0 Å². The first-order chi connectivity index (χ1) is 11.0. The van der Waals surface area contributed by atoms with Crippen LogP contribution in [0.2, 0.25) is 0 Å². The number of hydrogen-bond donors (Lipinski definition) is 2. The molecule has 23 heavy (non-hydrogen) atoms. The van der Waals surface area contributed by atoms with Crippen molar-refractivity contribution in [3.63, 3.8) is 0 Å². The molecule has 1 aliphatic rings. The molecule has 0 saturated carbocycles. The maximum absolute atomic E-state index is 12.3. The normalized spacial score (nSPS) is 17.5. The van der Waals surface area contributed by atoms with Crippen molar-refractivity contribution in [2.45, 2.75) is 32.4 Å². The van der Waals surface area contributed by atoms with E-state index in [1.54, 1.807) is 11.1 Å². The Balaban J connectivity index is 1.86. The third-order valence-electron chi connectivity index (χ3n) is 3.83. The monoisotopic (exact) mass is 319 g/mol. The number of piperidine rings is 1. The Kier molecular flexibility index (Phi) is 5.78. The van der Waals surface area contributed by atoms with Crippen molar-refractivity contribution in [1.29, 1.82) is 0 Å². The minimum atomic E-state index is -0.0942. The van der Waals surface area contributed by atoms with E-state index in [0.717, 1.165) is 30.8 Å². The van der Waals surface area contributed by atoms with Gasteiger partial charge in [-0.2, -0.15) is 0 Å². The molecule has 1 aliphatic heterocycles. The highest BCUT2D eigenvalue weighted by Gasteiger charge is 2.23. The maximum atomic E-state index is 12.3. The fourth-order valence-electron chi connectivity index (χ4n) is 2.67. The van der Waals surface area contributed by atoms with E-state index in [1.807, 2.05) is 31.1 Å². The smallest absolute Gasteiger partial charge is 0.317 e. The number of amides is 3. The number of anilines is 1. The zero-order chi connectivity index (χ0) is 16.8. The molecular weight excluding hydrogens is 294 g/mol. The summed E-state index contributed by atoms with van der Waals surface area (Å²) < 4.78 is 0. The van der Waals surface area contributed by atoms with Crippen LogP contribution in [0.5, 0.6) is 0 Å². The van der Waals surface area contributed by atoms with Gasteiger partial charge in [0.1, 0.15) is 5.82 Å². The van der Waals surface area contributed by atoms with E-state index in [9.17, 15) is 9.59 Å². The fraction of sp³-hybridized carbons (Fsp3) is 0.562. The van der Waals surface area contributed by atoms with Gasteiger partial charge in [0.25, 0.3) is 0 Å². The van der Waals surface area contributed by atoms with Crippen molar-refractivity contribution < 1.29 is 9.59 Å². The molecule has 1 saturated heterocycles. The molecule has 7 heteroatoms. The summed E-state index contributed by atoms with van der Waals surface area (Å²) in [6, 6.07) is 3.80. The van der Waals surface area contributed by atoms with Crippen LogP contribution in [0.1, 0.15) is 25.3 Å². The maximum Gasteiger partial charge on any atom is 0.317 e. The number of aromatic nitrogens is 1. The Morgan fingerprint density at radius 3 is 2.91 bits per heavy atom. The Morgan fingerprint density at radius 1 is 1.43 bits per heavy atom. The van der Waals surface area contributed by atoms with Crippen molar-refractivity contribution in [3.05, 3.63) is 23.9 Å². The van der Waals surface area contributed by atoms with E-state index in [0.29, 0.717) is 13.1 Å². The molecule has 1 aromatic heterocycles. The molecule has 0 spiro atoms. The topological polar surface area (TPSA) is 77.6 Å². The lowest BCUT2D eigenvalue weighted by atomic mass is 10.1. The highest BCUT2D eigenvalue weighted by atomic mass is 16.2. The average molecular weight is 319 g/mol. The second kappa shape index (κ2) is 7.80. The molecule has 2 heterocycles. The first kappa shape index (κ1) is 17.1. The standard InChI is InChI=1S/C16H25N5O2/c1-12(22)19-14-5-4-8-21(11-14)16(23)18-10-13-6-7-17-15(9-13)20(2)3/h6-7,9,14H,4-5,8,10-11H2,1-3H3,(H,18,23)(H,19,22). The van der Waals surface area contributed by atoms with Crippen LogP contribution in [-0.2, 0) is 11.3 Å².